The van der Waals surface area contributed by atoms with Crippen molar-refractivity contribution in [1.29, 1.82) is 0 Å². The number of hydrogen-bond acceptors (Lipinski definition) is 2. The Labute approximate surface area is 58.2 Å². The Hall–Kier alpha value is -1.06. The molecule has 1 atom stereocenters. The molecule has 10 heavy (non-hydrogen) atoms. The Morgan fingerprint density at radius 3 is 2.90 bits per heavy atom. The maximum Gasteiger partial charge on any atom is 0.305 e. The standard InChI is InChI=1S/C6H9NO3/c8-5-2-1-4(7-5)3-6(9)10/h4H,1-3H2,(H,7,8)(H,9,10)/t4-/m0/s1. The minimum Gasteiger partial charge on any atom is -0.481 e. The molecule has 1 rings (SSSR count). The van der Waals surface area contributed by atoms with Crippen LogP contribution < -0.4 is 5.32 Å². The van der Waals surface area contributed by atoms with Gasteiger partial charge in [-0.25, -0.2) is 0 Å². The molecular formula is C6H9NO3. The molecule has 2 N–H and O–H groups in total. The highest BCUT2D eigenvalue weighted by Gasteiger charge is 2.22. The second-order valence-electron chi connectivity index (χ2n) is 2.40. The van der Waals surface area contributed by atoms with E-state index in [1.807, 2.05) is 0 Å². The van der Waals surface area contributed by atoms with Crippen LogP contribution in [0, 0.1) is 0 Å². The van der Waals surface area contributed by atoms with E-state index < -0.39 is 5.97 Å². The van der Waals surface area contributed by atoms with E-state index in [1.165, 1.54) is 0 Å². The van der Waals surface area contributed by atoms with E-state index in [1.54, 1.807) is 0 Å². The van der Waals surface area contributed by atoms with Crippen molar-refractivity contribution in [1.82, 2.24) is 5.32 Å². The summed E-state index contributed by atoms with van der Waals surface area (Å²) in [6.07, 6.45) is 1.18. The number of carbonyl (C=O) groups excluding carboxylic acids is 1. The lowest BCUT2D eigenvalue weighted by Gasteiger charge is -2.03. The van der Waals surface area contributed by atoms with Crippen LogP contribution in [0.25, 0.3) is 0 Å². The fourth-order valence-electron chi connectivity index (χ4n) is 1.04. The maximum atomic E-state index is 10.5. The van der Waals surface area contributed by atoms with Crippen molar-refractivity contribution in [3.63, 3.8) is 0 Å². The summed E-state index contributed by atoms with van der Waals surface area (Å²) in [5.74, 6) is -0.890. The fourth-order valence-corrected chi connectivity index (χ4v) is 1.04. The number of carbonyl (C=O) groups is 2. The number of amides is 1. The molecule has 0 unspecified atom stereocenters. The zero-order valence-electron chi connectivity index (χ0n) is 5.46. The number of rotatable bonds is 2. The Morgan fingerprint density at radius 1 is 1.80 bits per heavy atom. The highest BCUT2D eigenvalue weighted by molar-refractivity contribution is 5.79. The lowest BCUT2D eigenvalue weighted by molar-refractivity contribution is -0.137. The van der Waals surface area contributed by atoms with E-state index in [0.717, 1.165) is 0 Å². The van der Waals surface area contributed by atoms with Gasteiger partial charge in [0.15, 0.2) is 0 Å². The van der Waals surface area contributed by atoms with Gasteiger partial charge in [-0.2, -0.15) is 0 Å². The number of aliphatic carboxylic acids is 1. The third-order valence-electron chi connectivity index (χ3n) is 1.51. The molecule has 1 aliphatic rings. The van der Waals surface area contributed by atoms with E-state index in [9.17, 15) is 9.59 Å². The van der Waals surface area contributed by atoms with Gasteiger partial charge in [-0.3, -0.25) is 9.59 Å². The molecule has 0 saturated carbocycles. The molecular weight excluding hydrogens is 134 g/mol. The fraction of sp³-hybridized carbons (Fsp3) is 0.667. The molecule has 0 aromatic heterocycles. The Morgan fingerprint density at radius 2 is 2.50 bits per heavy atom. The lowest BCUT2D eigenvalue weighted by atomic mass is 10.2. The topological polar surface area (TPSA) is 66.4 Å². The average molecular weight is 143 g/mol. The quantitative estimate of drug-likeness (QED) is 0.559. The molecule has 0 aromatic rings. The van der Waals surface area contributed by atoms with Crippen LogP contribution in [-0.4, -0.2) is 23.0 Å². The summed E-state index contributed by atoms with van der Waals surface area (Å²) >= 11 is 0. The van der Waals surface area contributed by atoms with Crippen LogP contribution in [0.5, 0.6) is 0 Å². The predicted octanol–water partition coefficient (Wildman–Crippen LogP) is -0.260. The molecule has 0 radical (unpaired) electrons. The molecule has 1 saturated heterocycles. The molecule has 1 amide bonds. The van der Waals surface area contributed by atoms with Crippen molar-refractivity contribution in [2.45, 2.75) is 25.3 Å². The van der Waals surface area contributed by atoms with Crippen LogP contribution in [0.2, 0.25) is 0 Å². The van der Waals surface area contributed by atoms with E-state index in [-0.39, 0.29) is 18.4 Å². The van der Waals surface area contributed by atoms with Gasteiger partial charge in [0, 0.05) is 12.5 Å². The SMILES string of the molecule is O=C(O)C[C@@H]1CCC(=O)N1. The molecule has 4 nitrogen and oxygen atoms in total. The van der Waals surface area contributed by atoms with Gasteiger partial charge >= 0.3 is 5.97 Å². The maximum absolute atomic E-state index is 10.5. The summed E-state index contributed by atoms with van der Waals surface area (Å²) < 4.78 is 0. The van der Waals surface area contributed by atoms with Crippen LogP contribution in [-0.2, 0) is 9.59 Å². The molecule has 4 heteroatoms. The largest absolute Gasteiger partial charge is 0.481 e. The van der Waals surface area contributed by atoms with Crippen molar-refractivity contribution < 1.29 is 14.7 Å². The molecule has 0 spiro atoms. The lowest BCUT2D eigenvalue weighted by Crippen LogP contribution is -2.27. The van der Waals surface area contributed by atoms with Gasteiger partial charge in [-0.1, -0.05) is 0 Å². The van der Waals surface area contributed by atoms with Gasteiger partial charge in [0.2, 0.25) is 5.91 Å². The predicted molar refractivity (Wildman–Crippen MR) is 33.4 cm³/mol. The van der Waals surface area contributed by atoms with Crippen LogP contribution in [0.4, 0.5) is 0 Å². The summed E-state index contributed by atoms with van der Waals surface area (Å²) in [5.41, 5.74) is 0. The minimum atomic E-state index is -0.854. The zero-order valence-corrected chi connectivity index (χ0v) is 5.46. The Kier molecular flexibility index (Phi) is 1.89. The third-order valence-corrected chi connectivity index (χ3v) is 1.51. The Balaban J connectivity index is 2.31. The van der Waals surface area contributed by atoms with Crippen molar-refractivity contribution in [2.24, 2.45) is 0 Å². The minimum absolute atomic E-state index is 0.0359. The summed E-state index contributed by atoms with van der Waals surface area (Å²) in [6.45, 7) is 0. The third kappa shape index (κ3) is 1.72. The molecule has 0 aromatic carbocycles. The molecule has 0 bridgehead atoms. The van der Waals surface area contributed by atoms with Crippen molar-refractivity contribution in [3.8, 4) is 0 Å². The first-order valence-corrected chi connectivity index (χ1v) is 3.19. The summed E-state index contributed by atoms with van der Waals surface area (Å²) in [6, 6.07) is -0.134. The first-order valence-electron chi connectivity index (χ1n) is 3.19. The summed E-state index contributed by atoms with van der Waals surface area (Å²) in [4.78, 5) is 20.6. The first-order chi connectivity index (χ1) is 4.68. The van der Waals surface area contributed by atoms with Crippen LogP contribution in [0.15, 0.2) is 0 Å². The number of hydrogen-bond donors (Lipinski definition) is 2. The molecule has 1 heterocycles. The van der Waals surface area contributed by atoms with Gasteiger partial charge in [0.25, 0.3) is 0 Å². The van der Waals surface area contributed by atoms with Gasteiger partial charge in [-0.15, -0.1) is 0 Å². The number of carboxylic acids is 1. The Bertz CT molecular complexity index is 166. The smallest absolute Gasteiger partial charge is 0.305 e. The van der Waals surface area contributed by atoms with E-state index in [0.29, 0.717) is 12.8 Å². The molecule has 1 fully saturated rings. The van der Waals surface area contributed by atoms with Gasteiger partial charge in [0.1, 0.15) is 0 Å². The normalized spacial score (nSPS) is 24.4. The van der Waals surface area contributed by atoms with E-state index in [4.69, 9.17) is 5.11 Å². The second-order valence-corrected chi connectivity index (χ2v) is 2.40. The molecule has 1 aliphatic heterocycles. The highest BCUT2D eigenvalue weighted by atomic mass is 16.4. The van der Waals surface area contributed by atoms with E-state index in [2.05, 4.69) is 5.32 Å². The van der Waals surface area contributed by atoms with E-state index >= 15 is 0 Å². The molecule has 0 aliphatic carbocycles. The number of carboxylic acid groups (broad SMARTS) is 1. The first kappa shape index (κ1) is 7.05. The highest BCUT2D eigenvalue weighted by Crippen LogP contribution is 2.09. The van der Waals surface area contributed by atoms with Crippen molar-refractivity contribution >= 4 is 11.9 Å². The van der Waals surface area contributed by atoms with Crippen LogP contribution in [0.3, 0.4) is 0 Å². The van der Waals surface area contributed by atoms with Gasteiger partial charge < -0.3 is 10.4 Å². The summed E-state index contributed by atoms with van der Waals surface area (Å²) in [5, 5.41) is 10.9. The van der Waals surface area contributed by atoms with Crippen LogP contribution in [0.1, 0.15) is 19.3 Å². The van der Waals surface area contributed by atoms with Gasteiger partial charge in [0.05, 0.1) is 6.42 Å². The second kappa shape index (κ2) is 2.68. The van der Waals surface area contributed by atoms with Gasteiger partial charge in [-0.05, 0) is 6.42 Å². The summed E-state index contributed by atoms with van der Waals surface area (Å²) in [7, 11) is 0. The number of nitrogens with one attached hydrogen (secondary N) is 1. The average Bonchev–Trinajstić information content (AvgIpc) is 2.13. The van der Waals surface area contributed by atoms with Crippen molar-refractivity contribution in [2.75, 3.05) is 0 Å². The van der Waals surface area contributed by atoms with Crippen LogP contribution >= 0.6 is 0 Å². The zero-order chi connectivity index (χ0) is 7.56. The molecule has 56 valence electrons. The van der Waals surface area contributed by atoms with Crippen molar-refractivity contribution in [3.05, 3.63) is 0 Å². The monoisotopic (exact) mass is 143 g/mol.